The van der Waals surface area contributed by atoms with E-state index in [4.69, 9.17) is 4.42 Å². The van der Waals surface area contributed by atoms with Gasteiger partial charge in [-0.05, 0) is 18.2 Å². The van der Waals surface area contributed by atoms with Gasteiger partial charge in [0.05, 0.1) is 12.2 Å². The second-order valence-corrected chi connectivity index (χ2v) is 5.78. The number of rotatable bonds is 2. The topological polar surface area (TPSA) is 46.3 Å². The highest BCUT2D eigenvalue weighted by Gasteiger charge is 2.31. The lowest BCUT2D eigenvalue weighted by molar-refractivity contribution is -0.137. The lowest BCUT2D eigenvalue weighted by atomic mass is 9.92. The monoisotopic (exact) mass is 299 g/mol. The second kappa shape index (κ2) is 5.18. The van der Waals surface area contributed by atoms with Crippen LogP contribution in [0, 0.1) is 0 Å². The highest BCUT2D eigenvalue weighted by atomic mass is 19.4. The van der Waals surface area contributed by atoms with E-state index in [1.54, 1.807) is 0 Å². The normalized spacial score (nSPS) is 12.7. The molecule has 1 aromatic heterocycles. The van der Waals surface area contributed by atoms with Crippen LogP contribution < -0.4 is 0 Å². The van der Waals surface area contributed by atoms with Crippen LogP contribution in [0.15, 0.2) is 28.7 Å². The molecule has 6 heteroatoms. The van der Waals surface area contributed by atoms with E-state index in [1.165, 1.54) is 12.1 Å². The Morgan fingerprint density at radius 3 is 2.33 bits per heavy atom. The molecule has 0 saturated carbocycles. The highest BCUT2D eigenvalue weighted by molar-refractivity contribution is 5.55. The van der Waals surface area contributed by atoms with Crippen LogP contribution in [-0.2, 0) is 18.2 Å². The molecule has 0 spiro atoms. The maximum Gasteiger partial charge on any atom is 0.416 e. The first kappa shape index (κ1) is 15.6. The molecule has 2 aromatic rings. The molecule has 0 aliphatic rings. The summed E-state index contributed by atoms with van der Waals surface area (Å²) in [5.41, 5.74) is -0.587. The van der Waals surface area contributed by atoms with E-state index < -0.39 is 17.2 Å². The Hall–Kier alpha value is -1.82. The van der Waals surface area contributed by atoms with Gasteiger partial charge in [0.15, 0.2) is 0 Å². The fourth-order valence-electron chi connectivity index (χ4n) is 2.00. The van der Waals surface area contributed by atoms with Gasteiger partial charge < -0.3 is 9.52 Å². The Morgan fingerprint density at radius 2 is 1.86 bits per heavy atom. The number of nitrogens with zero attached hydrogens (tertiary/aromatic N) is 1. The Balaban J connectivity index is 2.51. The predicted octanol–water partition coefficient (Wildman–Crippen LogP) is 4.15. The van der Waals surface area contributed by atoms with Crippen molar-refractivity contribution in [1.82, 2.24) is 4.98 Å². The fraction of sp³-hybridized carbons (Fsp3) is 0.400. The van der Waals surface area contributed by atoms with E-state index in [-0.39, 0.29) is 18.1 Å². The van der Waals surface area contributed by atoms with Crippen molar-refractivity contribution >= 4 is 0 Å². The molecule has 0 fully saturated rings. The number of hydrogen-bond donors (Lipinski definition) is 1. The van der Waals surface area contributed by atoms with Crippen LogP contribution in [-0.4, -0.2) is 10.1 Å². The number of aromatic nitrogens is 1. The van der Waals surface area contributed by atoms with Crippen molar-refractivity contribution in [2.24, 2.45) is 0 Å². The summed E-state index contributed by atoms with van der Waals surface area (Å²) in [4.78, 5) is 4.10. The zero-order valence-electron chi connectivity index (χ0n) is 12.0. The minimum absolute atomic E-state index is 0.0788. The van der Waals surface area contributed by atoms with Gasteiger partial charge in [-0.25, -0.2) is 4.98 Å². The maximum atomic E-state index is 12.7. The Bertz CT molecular complexity index is 639. The molecule has 2 rings (SSSR count). The first-order valence-electron chi connectivity index (χ1n) is 6.41. The van der Waals surface area contributed by atoms with Gasteiger partial charge in [0.1, 0.15) is 11.5 Å². The average Bonchev–Trinajstić information content (AvgIpc) is 2.82. The molecular weight excluding hydrogens is 283 g/mol. The summed E-state index contributed by atoms with van der Waals surface area (Å²) < 4.78 is 43.8. The summed E-state index contributed by atoms with van der Waals surface area (Å²) in [6.07, 6.45) is -4.42. The summed E-state index contributed by atoms with van der Waals surface area (Å²) in [6, 6.07) is 4.77. The van der Waals surface area contributed by atoms with Crippen molar-refractivity contribution in [3.8, 4) is 11.5 Å². The standard InChI is InChI=1S/C15H16F3NO2/c1-14(2,3)12-11(8-20)19-13(21-12)9-5-4-6-10(7-9)15(16,17)18/h4-7,20H,8H2,1-3H3. The van der Waals surface area contributed by atoms with E-state index in [0.717, 1.165) is 12.1 Å². The molecule has 0 atom stereocenters. The third kappa shape index (κ3) is 3.26. The molecule has 1 N–H and O–H groups in total. The van der Waals surface area contributed by atoms with Gasteiger partial charge in [-0.1, -0.05) is 26.8 Å². The van der Waals surface area contributed by atoms with E-state index >= 15 is 0 Å². The molecule has 1 aromatic carbocycles. The maximum absolute atomic E-state index is 12.7. The lowest BCUT2D eigenvalue weighted by Gasteiger charge is -2.15. The number of benzene rings is 1. The Kier molecular flexibility index (Phi) is 3.84. The van der Waals surface area contributed by atoms with Gasteiger partial charge >= 0.3 is 6.18 Å². The summed E-state index contributed by atoms with van der Waals surface area (Å²) in [7, 11) is 0. The van der Waals surface area contributed by atoms with Crippen molar-refractivity contribution in [3.63, 3.8) is 0 Å². The van der Waals surface area contributed by atoms with E-state index in [0.29, 0.717) is 11.5 Å². The van der Waals surface area contributed by atoms with Crippen molar-refractivity contribution in [2.75, 3.05) is 0 Å². The zero-order valence-corrected chi connectivity index (χ0v) is 12.0. The smallest absolute Gasteiger partial charge is 0.416 e. The summed E-state index contributed by atoms with van der Waals surface area (Å²) >= 11 is 0. The number of alkyl halides is 3. The number of halogens is 3. The highest BCUT2D eigenvalue weighted by Crippen LogP contribution is 2.34. The van der Waals surface area contributed by atoms with Crippen molar-refractivity contribution in [1.29, 1.82) is 0 Å². The largest absolute Gasteiger partial charge is 0.440 e. The molecular formula is C15H16F3NO2. The van der Waals surface area contributed by atoms with E-state index in [2.05, 4.69) is 4.98 Å². The molecule has 0 unspecified atom stereocenters. The van der Waals surface area contributed by atoms with Crippen LogP contribution in [0.1, 0.15) is 37.8 Å². The third-order valence-corrected chi connectivity index (χ3v) is 2.97. The van der Waals surface area contributed by atoms with Crippen LogP contribution >= 0.6 is 0 Å². The minimum Gasteiger partial charge on any atom is -0.440 e. The van der Waals surface area contributed by atoms with Crippen LogP contribution in [0.25, 0.3) is 11.5 Å². The molecule has 0 amide bonds. The van der Waals surface area contributed by atoms with E-state index in [9.17, 15) is 18.3 Å². The molecule has 0 bridgehead atoms. The number of hydrogen-bond acceptors (Lipinski definition) is 3. The van der Waals surface area contributed by atoms with Gasteiger partial charge in [-0.3, -0.25) is 0 Å². The molecule has 114 valence electrons. The molecule has 3 nitrogen and oxygen atoms in total. The minimum atomic E-state index is -4.42. The van der Waals surface area contributed by atoms with Crippen LogP contribution in [0.5, 0.6) is 0 Å². The Morgan fingerprint density at radius 1 is 1.19 bits per heavy atom. The predicted molar refractivity (Wildman–Crippen MR) is 71.6 cm³/mol. The van der Waals surface area contributed by atoms with Gasteiger partial charge in [-0.2, -0.15) is 13.2 Å². The van der Waals surface area contributed by atoms with Crippen molar-refractivity contribution in [3.05, 3.63) is 41.3 Å². The summed E-state index contributed by atoms with van der Waals surface area (Å²) in [5, 5.41) is 9.32. The SMILES string of the molecule is CC(C)(C)c1oc(-c2cccc(C(F)(F)F)c2)nc1CO. The van der Waals surface area contributed by atoms with Gasteiger partial charge in [0, 0.05) is 11.0 Å². The van der Waals surface area contributed by atoms with Crippen LogP contribution in [0.4, 0.5) is 13.2 Å². The summed E-state index contributed by atoms with van der Waals surface area (Å²) in [5.74, 6) is 0.549. The zero-order chi connectivity index (χ0) is 15.8. The van der Waals surface area contributed by atoms with Gasteiger partial charge in [-0.15, -0.1) is 0 Å². The number of aliphatic hydroxyl groups is 1. The first-order valence-corrected chi connectivity index (χ1v) is 6.41. The fourth-order valence-corrected chi connectivity index (χ4v) is 2.00. The third-order valence-electron chi connectivity index (χ3n) is 2.97. The van der Waals surface area contributed by atoms with Crippen LogP contribution in [0.2, 0.25) is 0 Å². The average molecular weight is 299 g/mol. The van der Waals surface area contributed by atoms with Crippen LogP contribution in [0.3, 0.4) is 0 Å². The van der Waals surface area contributed by atoms with Gasteiger partial charge in [0.25, 0.3) is 0 Å². The van der Waals surface area contributed by atoms with Crippen molar-refractivity contribution in [2.45, 2.75) is 39.0 Å². The van der Waals surface area contributed by atoms with Crippen molar-refractivity contribution < 1.29 is 22.7 Å². The van der Waals surface area contributed by atoms with E-state index in [1.807, 2.05) is 20.8 Å². The molecule has 0 radical (unpaired) electrons. The molecule has 0 aliphatic carbocycles. The lowest BCUT2D eigenvalue weighted by Crippen LogP contribution is -2.12. The molecule has 1 heterocycles. The quantitative estimate of drug-likeness (QED) is 0.906. The Labute approximate surface area is 120 Å². The first-order chi connectivity index (χ1) is 9.63. The van der Waals surface area contributed by atoms with Gasteiger partial charge in [0.2, 0.25) is 5.89 Å². The molecule has 0 aliphatic heterocycles. The molecule has 21 heavy (non-hydrogen) atoms. The number of aliphatic hydroxyl groups excluding tert-OH is 1. The second-order valence-electron chi connectivity index (χ2n) is 5.78. The number of oxazole rings is 1. The molecule has 0 saturated heterocycles. The summed E-state index contributed by atoms with van der Waals surface area (Å²) in [6.45, 7) is 5.31.